The van der Waals surface area contributed by atoms with Crippen LogP contribution in [-0.4, -0.2) is 22.9 Å². The average Bonchev–Trinajstić information content (AvgIpc) is 2.94. The Morgan fingerprint density at radius 2 is 2.26 bits per heavy atom. The molecular weight excluding hydrogens is 334 g/mol. The fraction of sp³-hybridized carbons (Fsp3) is 0.167. The van der Waals surface area contributed by atoms with Crippen LogP contribution in [0.4, 0.5) is 0 Å². The molecule has 0 atom stereocenters. The van der Waals surface area contributed by atoms with Crippen LogP contribution in [0.5, 0.6) is 11.5 Å². The highest BCUT2D eigenvalue weighted by Gasteiger charge is 2.21. The number of nitrogens with zero attached hydrogens (tertiary/aromatic N) is 1. The van der Waals surface area contributed by atoms with Crippen LogP contribution in [0.2, 0.25) is 0 Å². The van der Waals surface area contributed by atoms with E-state index >= 15 is 0 Å². The zero-order chi connectivity index (χ0) is 13.6. The van der Waals surface area contributed by atoms with Crippen molar-refractivity contribution in [3.63, 3.8) is 0 Å². The molecule has 3 rings (SSSR count). The second-order valence-electron chi connectivity index (χ2n) is 3.92. The minimum absolute atomic E-state index is 0.0915. The van der Waals surface area contributed by atoms with Gasteiger partial charge in [0, 0.05) is 10.4 Å². The number of hydrogen-bond acceptors (Lipinski definition) is 5. The number of halogens is 1. The molecule has 0 saturated heterocycles. The van der Waals surface area contributed by atoms with Gasteiger partial charge < -0.3 is 14.6 Å². The molecule has 0 spiro atoms. The van der Waals surface area contributed by atoms with Crippen LogP contribution < -0.4 is 9.47 Å². The minimum Gasteiger partial charge on any atom is -0.476 e. The number of carboxylic acid groups (broad SMARTS) is 1. The summed E-state index contributed by atoms with van der Waals surface area (Å²) in [6, 6.07) is 3.65. The van der Waals surface area contributed by atoms with E-state index in [1.54, 1.807) is 13.0 Å². The first-order chi connectivity index (χ1) is 9.06. The number of hydrogen-bond donors (Lipinski definition) is 1. The maximum absolute atomic E-state index is 11.0. The quantitative estimate of drug-likeness (QED) is 0.907. The molecule has 98 valence electrons. The SMILES string of the molecule is Cc1sc(-c2cc(Br)c3c(c2)OCO3)nc1C(=O)O. The monoisotopic (exact) mass is 341 g/mol. The molecule has 0 unspecified atom stereocenters. The molecule has 0 radical (unpaired) electrons. The number of ether oxygens (including phenoxy) is 2. The van der Waals surface area contributed by atoms with Crippen LogP contribution in [0.25, 0.3) is 10.6 Å². The summed E-state index contributed by atoms with van der Waals surface area (Å²) in [5.74, 6) is 0.282. The largest absolute Gasteiger partial charge is 0.476 e. The normalized spacial score (nSPS) is 12.7. The van der Waals surface area contributed by atoms with E-state index in [-0.39, 0.29) is 12.5 Å². The maximum atomic E-state index is 11.0. The molecule has 0 saturated carbocycles. The summed E-state index contributed by atoms with van der Waals surface area (Å²) in [4.78, 5) is 15.8. The molecular formula is C12H8BrNO4S. The smallest absolute Gasteiger partial charge is 0.355 e. The average molecular weight is 342 g/mol. The van der Waals surface area contributed by atoms with Gasteiger partial charge in [0.15, 0.2) is 17.2 Å². The molecule has 5 nitrogen and oxygen atoms in total. The van der Waals surface area contributed by atoms with Gasteiger partial charge in [-0.3, -0.25) is 0 Å². The van der Waals surface area contributed by atoms with E-state index in [0.717, 1.165) is 10.0 Å². The predicted molar refractivity (Wildman–Crippen MR) is 73.1 cm³/mol. The van der Waals surface area contributed by atoms with Crippen molar-refractivity contribution in [1.29, 1.82) is 0 Å². The van der Waals surface area contributed by atoms with Crippen molar-refractivity contribution < 1.29 is 19.4 Å². The summed E-state index contributed by atoms with van der Waals surface area (Å²) in [7, 11) is 0. The molecule has 0 amide bonds. The van der Waals surface area contributed by atoms with Crippen LogP contribution in [0.15, 0.2) is 16.6 Å². The molecule has 0 aliphatic carbocycles. The highest BCUT2D eigenvalue weighted by atomic mass is 79.9. The van der Waals surface area contributed by atoms with E-state index in [4.69, 9.17) is 14.6 Å². The van der Waals surface area contributed by atoms with E-state index in [0.29, 0.717) is 21.4 Å². The van der Waals surface area contributed by atoms with E-state index in [9.17, 15) is 4.79 Å². The number of benzene rings is 1. The highest BCUT2D eigenvalue weighted by Crippen LogP contribution is 2.43. The Labute approximate surface area is 120 Å². The first-order valence-corrected chi connectivity index (χ1v) is 6.97. The Morgan fingerprint density at radius 3 is 2.95 bits per heavy atom. The number of aromatic nitrogens is 1. The predicted octanol–water partition coefficient (Wildman–Crippen LogP) is 3.31. The first-order valence-electron chi connectivity index (χ1n) is 5.36. The molecule has 2 heterocycles. The lowest BCUT2D eigenvalue weighted by atomic mass is 10.2. The summed E-state index contributed by atoms with van der Waals surface area (Å²) in [6.45, 7) is 1.93. The Hall–Kier alpha value is -1.60. The van der Waals surface area contributed by atoms with Gasteiger partial charge in [0.2, 0.25) is 6.79 Å². The van der Waals surface area contributed by atoms with Crippen LogP contribution in [0.3, 0.4) is 0 Å². The second kappa shape index (κ2) is 4.50. The second-order valence-corrected chi connectivity index (χ2v) is 5.98. The minimum atomic E-state index is -1.01. The molecule has 2 aromatic rings. The van der Waals surface area contributed by atoms with Gasteiger partial charge in [-0.15, -0.1) is 11.3 Å². The van der Waals surface area contributed by atoms with Gasteiger partial charge >= 0.3 is 5.97 Å². The number of aryl methyl sites for hydroxylation is 1. The topological polar surface area (TPSA) is 68.7 Å². The van der Waals surface area contributed by atoms with Gasteiger partial charge in [-0.1, -0.05) is 0 Å². The molecule has 1 aliphatic rings. The molecule has 19 heavy (non-hydrogen) atoms. The lowest BCUT2D eigenvalue weighted by Crippen LogP contribution is -1.98. The molecule has 1 aromatic heterocycles. The van der Waals surface area contributed by atoms with Crippen LogP contribution in [0, 0.1) is 6.92 Å². The van der Waals surface area contributed by atoms with Crippen molar-refractivity contribution >= 4 is 33.2 Å². The molecule has 1 N–H and O–H groups in total. The first kappa shape index (κ1) is 12.4. The third-order valence-corrected chi connectivity index (χ3v) is 4.28. The van der Waals surface area contributed by atoms with E-state index in [1.807, 2.05) is 6.07 Å². The zero-order valence-electron chi connectivity index (χ0n) is 9.77. The fourth-order valence-corrected chi connectivity index (χ4v) is 3.26. The Balaban J connectivity index is 2.10. The highest BCUT2D eigenvalue weighted by molar-refractivity contribution is 9.10. The van der Waals surface area contributed by atoms with Gasteiger partial charge in [-0.25, -0.2) is 9.78 Å². The van der Waals surface area contributed by atoms with Gasteiger partial charge in [0.05, 0.1) is 4.47 Å². The summed E-state index contributed by atoms with van der Waals surface area (Å²) in [6.07, 6.45) is 0. The molecule has 7 heteroatoms. The molecule has 1 aromatic carbocycles. The van der Waals surface area contributed by atoms with Gasteiger partial charge in [-0.2, -0.15) is 0 Å². The number of thiazole rings is 1. The summed E-state index contributed by atoms with van der Waals surface area (Å²) < 4.78 is 11.4. The number of rotatable bonds is 2. The number of carboxylic acids is 1. The molecule has 1 aliphatic heterocycles. The van der Waals surface area contributed by atoms with Crippen molar-refractivity contribution in [2.24, 2.45) is 0 Å². The summed E-state index contributed by atoms with van der Waals surface area (Å²) in [5, 5.41) is 9.67. The van der Waals surface area contributed by atoms with Gasteiger partial charge in [-0.05, 0) is 35.0 Å². The van der Waals surface area contributed by atoms with Crippen LogP contribution >= 0.6 is 27.3 Å². The Bertz CT molecular complexity index is 683. The number of fused-ring (bicyclic) bond motifs is 1. The van der Waals surface area contributed by atoms with Crippen LogP contribution in [0.1, 0.15) is 15.4 Å². The van der Waals surface area contributed by atoms with Crippen molar-refractivity contribution in [2.75, 3.05) is 6.79 Å². The standard InChI is InChI=1S/C12H8BrNO4S/c1-5-9(12(15)16)14-11(19-5)6-2-7(13)10-8(3-6)17-4-18-10/h2-3H,4H2,1H3,(H,15,16). The summed E-state index contributed by atoms with van der Waals surface area (Å²) >= 11 is 4.75. The third-order valence-electron chi connectivity index (χ3n) is 2.67. The van der Waals surface area contributed by atoms with Crippen molar-refractivity contribution in [1.82, 2.24) is 4.98 Å². The van der Waals surface area contributed by atoms with Crippen molar-refractivity contribution in [2.45, 2.75) is 6.92 Å². The fourth-order valence-electron chi connectivity index (χ4n) is 1.81. The Kier molecular flexibility index (Phi) is 2.94. The maximum Gasteiger partial charge on any atom is 0.355 e. The van der Waals surface area contributed by atoms with Gasteiger partial charge in [0.1, 0.15) is 5.01 Å². The molecule has 0 bridgehead atoms. The van der Waals surface area contributed by atoms with E-state index in [1.165, 1.54) is 11.3 Å². The van der Waals surface area contributed by atoms with Crippen LogP contribution in [-0.2, 0) is 0 Å². The lowest BCUT2D eigenvalue weighted by molar-refractivity contribution is 0.0690. The Morgan fingerprint density at radius 1 is 1.47 bits per heavy atom. The van der Waals surface area contributed by atoms with E-state index < -0.39 is 5.97 Å². The number of aromatic carboxylic acids is 1. The zero-order valence-corrected chi connectivity index (χ0v) is 12.2. The third kappa shape index (κ3) is 2.08. The number of carbonyl (C=O) groups is 1. The summed E-state index contributed by atoms with van der Waals surface area (Å²) in [5.41, 5.74) is 0.894. The van der Waals surface area contributed by atoms with E-state index in [2.05, 4.69) is 20.9 Å². The van der Waals surface area contributed by atoms with Crippen molar-refractivity contribution in [3.05, 3.63) is 27.2 Å². The van der Waals surface area contributed by atoms with Crippen molar-refractivity contribution in [3.8, 4) is 22.1 Å². The van der Waals surface area contributed by atoms with Gasteiger partial charge in [0.25, 0.3) is 0 Å². The lowest BCUT2D eigenvalue weighted by Gasteiger charge is -2.02. The molecule has 0 fully saturated rings.